The first kappa shape index (κ1) is 15.2. The predicted molar refractivity (Wildman–Crippen MR) is 79.6 cm³/mol. The lowest BCUT2D eigenvalue weighted by Gasteiger charge is -2.43. The van der Waals surface area contributed by atoms with E-state index in [0.717, 1.165) is 45.3 Å². The fraction of sp³-hybridized carbons (Fsp3) is 1.00. The molecule has 112 valence electrons. The molecule has 1 N–H and O–H groups in total. The fourth-order valence-corrected chi connectivity index (χ4v) is 2.86. The maximum atomic E-state index is 5.72. The lowest BCUT2D eigenvalue weighted by atomic mass is 10.0. The summed E-state index contributed by atoms with van der Waals surface area (Å²) in [5.41, 5.74) is 0.257. The average Bonchev–Trinajstić information content (AvgIpc) is 3.19. The quantitative estimate of drug-likeness (QED) is 0.666. The summed E-state index contributed by atoms with van der Waals surface area (Å²) in [4.78, 5) is 5.01. The van der Waals surface area contributed by atoms with Crippen LogP contribution in [-0.2, 0) is 4.74 Å². The van der Waals surface area contributed by atoms with Crippen molar-refractivity contribution in [3.63, 3.8) is 0 Å². The van der Waals surface area contributed by atoms with E-state index in [-0.39, 0.29) is 5.54 Å². The van der Waals surface area contributed by atoms with Gasteiger partial charge in [-0.1, -0.05) is 0 Å². The van der Waals surface area contributed by atoms with E-state index in [2.05, 4.69) is 36.0 Å². The van der Waals surface area contributed by atoms with E-state index in [1.54, 1.807) is 0 Å². The first-order valence-corrected chi connectivity index (χ1v) is 7.80. The number of nitrogens with one attached hydrogen (secondary N) is 1. The second-order valence-corrected chi connectivity index (χ2v) is 6.81. The van der Waals surface area contributed by atoms with Crippen LogP contribution in [0.15, 0.2) is 0 Å². The van der Waals surface area contributed by atoms with Crippen LogP contribution in [-0.4, -0.2) is 74.9 Å². The van der Waals surface area contributed by atoms with Crippen molar-refractivity contribution in [2.45, 2.75) is 32.2 Å². The standard InChI is InChI=1S/C15H31N3O/c1-15(2,18-8-6-16-7-9-18)13-17(3)10-11-19-12-14-4-5-14/h14,16H,4-13H2,1-3H3. The number of hydrogen-bond donors (Lipinski definition) is 1. The van der Waals surface area contributed by atoms with Crippen molar-refractivity contribution in [3.05, 3.63) is 0 Å². The van der Waals surface area contributed by atoms with Gasteiger partial charge in [-0.15, -0.1) is 0 Å². The van der Waals surface area contributed by atoms with Crippen LogP contribution < -0.4 is 5.32 Å². The van der Waals surface area contributed by atoms with E-state index in [1.807, 2.05) is 0 Å². The summed E-state index contributed by atoms with van der Waals surface area (Å²) < 4.78 is 5.72. The van der Waals surface area contributed by atoms with Gasteiger partial charge in [-0.05, 0) is 39.7 Å². The molecule has 0 aromatic rings. The van der Waals surface area contributed by atoms with Gasteiger partial charge >= 0.3 is 0 Å². The number of hydrogen-bond acceptors (Lipinski definition) is 4. The van der Waals surface area contributed by atoms with Gasteiger partial charge in [0, 0.05) is 51.4 Å². The number of ether oxygens (including phenoxy) is 1. The Morgan fingerprint density at radius 2 is 1.95 bits per heavy atom. The largest absolute Gasteiger partial charge is 0.380 e. The molecular formula is C15H31N3O. The van der Waals surface area contributed by atoms with Gasteiger partial charge < -0.3 is 15.0 Å². The molecule has 0 aromatic carbocycles. The molecule has 0 radical (unpaired) electrons. The third kappa shape index (κ3) is 5.38. The maximum absolute atomic E-state index is 5.72. The van der Waals surface area contributed by atoms with Gasteiger partial charge in [0.1, 0.15) is 0 Å². The zero-order valence-electron chi connectivity index (χ0n) is 13.0. The van der Waals surface area contributed by atoms with Crippen LogP contribution in [0, 0.1) is 5.92 Å². The van der Waals surface area contributed by atoms with E-state index in [1.165, 1.54) is 25.9 Å². The Labute approximate surface area is 118 Å². The molecule has 2 rings (SSSR count). The molecule has 0 bridgehead atoms. The Morgan fingerprint density at radius 3 is 2.58 bits per heavy atom. The number of piperazine rings is 1. The molecule has 1 heterocycles. The summed E-state index contributed by atoms with van der Waals surface area (Å²) in [6.45, 7) is 13.3. The van der Waals surface area contributed by atoms with Crippen LogP contribution in [0.5, 0.6) is 0 Å². The van der Waals surface area contributed by atoms with Crippen LogP contribution in [0.4, 0.5) is 0 Å². The predicted octanol–water partition coefficient (Wildman–Crippen LogP) is 1.03. The lowest BCUT2D eigenvalue weighted by molar-refractivity contribution is 0.0532. The Hall–Kier alpha value is -0.160. The molecule has 0 spiro atoms. The average molecular weight is 269 g/mol. The fourth-order valence-electron chi connectivity index (χ4n) is 2.86. The number of nitrogens with zero attached hydrogens (tertiary/aromatic N) is 2. The molecule has 0 unspecified atom stereocenters. The van der Waals surface area contributed by atoms with Crippen molar-refractivity contribution < 1.29 is 4.74 Å². The minimum Gasteiger partial charge on any atom is -0.380 e. The maximum Gasteiger partial charge on any atom is 0.0593 e. The molecule has 19 heavy (non-hydrogen) atoms. The van der Waals surface area contributed by atoms with Crippen molar-refractivity contribution >= 4 is 0 Å². The molecule has 0 atom stereocenters. The highest BCUT2D eigenvalue weighted by Gasteiger charge is 2.28. The lowest BCUT2D eigenvalue weighted by Crippen LogP contribution is -2.57. The Kier molecular flexibility index (Phi) is 5.63. The zero-order valence-corrected chi connectivity index (χ0v) is 13.0. The normalized spacial score (nSPS) is 22.1. The molecule has 1 saturated carbocycles. The van der Waals surface area contributed by atoms with E-state index in [9.17, 15) is 0 Å². The summed E-state index contributed by atoms with van der Waals surface area (Å²) in [5.74, 6) is 0.877. The van der Waals surface area contributed by atoms with Gasteiger partial charge in [0.25, 0.3) is 0 Å². The van der Waals surface area contributed by atoms with E-state index >= 15 is 0 Å². The number of likely N-dealkylation sites (N-methyl/N-ethyl adjacent to an activating group) is 1. The molecular weight excluding hydrogens is 238 g/mol. The Morgan fingerprint density at radius 1 is 1.26 bits per heavy atom. The highest BCUT2D eigenvalue weighted by atomic mass is 16.5. The van der Waals surface area contributed by atoms with E-state index in [4.69, 9.17) is 4.74 Å². The van der Waals surface area contributed by atoms with Crippen molar-refractivity contribution in [1.82, 2.24) is 15.1 Å². The van der Waals surface area contributed by atoms with Gasteiger partial charge in [-0.2, -0.15) is 0 Å². The SMILES string of the molecule is CN(CCOCC1CC1)CC(C)(C)N1CCNCC1. The highest BCUT2D eigenvalue weighted by molar-refractivity contribution is 4.87. The minimum atomic E-state index is 0.257. The summed E-state index contributed by atoms with van der Waals surface area (Å²) in [6, 6.07) is 0. The molecule has 1 aliphatic carbocycles. The van der Waals surface area contributed by atoms with Crippen LogP contribution in [0.3, 0.4) is 0 Å². The monoisotopic (exact) mass is 269 g/mol. The summed E-state index contributed by atoms with van der Waals surface area (Å²) in [5, 5.41) is 3.42. The molecule has 2 aliphatic rings. The first-order chi connectivity index (χ1) is 9.08. The third-order valence-electron chi connectivity index (χ3n) is 4.30. The molecule has 4 heteroatoms. The zero-order chi connectivity index (χ0) is 13.7. The van der Waals surface area contributed by atoms with Gasteiger partial charge in [-0.25, -0.2) is 0 Å². The third-order valence-corrected chi connectivity index (χ3v) is 4.30. The van der Waals surface area contributed by atoms with Crippen molar-refractivity contribution in [2.24, 2.45) is 5.92 Å². The summed E-state index contributed by atoms with van der Waals surface area (Å²) in [7, 11) is 2.21. The molecule has 1 aliphatic heterocycles. The highest BCUT2D eigenvalue weighted by Crippen LogP contribution is 2.28. The van der Waals surface area contributed by atoms with Gasteiger partial charge in [0.05, 0.1) is 6.61 Å². The van der Waals surface area contributed by atoms with Gasteiger partial charge in [0.2, 0.25) is 0 Å². The van der Waals surface area contributed by atoms with E-state index in [0.29, 0.717) is 0 Å². The molecule has 2 fully saturated rings. The van der Waals surface area contributed by atoms with E-state index < -0.39 is 0 Å². The van der Waals surface area contributed by atoms with Gasteiger partial charge in [-0.3, -0.25) is 4.90 Å². The molecule has 0 amide bonds. The summed E-state index contributed by atoms with van der Waals surface area (Å²) >= 11 is 0. The molecule has 4 nitrogen and oxygen atoms in total. The summed E-state index contributed by atoms with van der Waals surface area (Å²) in [6.07, 6.45) is 2.76. The van der Waals surface area contributed by atoms with Crippen LogP contribution >= 0.6 is 0 Å². The Bertz CT molecular complexity index is 260. The van der Waals surface area contributed by atoms with Crippen molar-refractivity contribution in [3.8, 4) is 0 Å². The van der Waals surface area contributed by atoms with Crippen LogP contribution in [0.25, 0.3) is 0 Å². The second-order valence-electron chi connectivity index (χ2n) is 6.81. The van der Waals surface area contributed by atoms with Gasteiger partial charge in [0.15, 0.2) is 0 Å². The number of rotatable bonds is 8. The Balaban J connectivity index is 1.62. The molecule has 1 saturated heterocycles. The second kappa shape index (κ2) is 7.02. The van der Waals surface area contributed by atoms with Crippen molar-refractivity contribution in [2.75, 3.05) is 59.5 Å². The molecule has 0 aromatic heterocycles. The minimum absolute atomic E-state index is 0.257. The van der Waals surface area contributed by atoms with Crippen LogP contribution in [0.1, 0.15) is 26.7 Å². The van der Waals surface area contributed by atoms with Crippen molar-refractivity contribution in [1.29, 1.82) is 0 Å². The smallest absolute Gasteiger partial charge is 0.0593 e. The first-order valence-electron chi connectivity index (χ1n) is 7.80. The van der Waals surface area contributed by atoms with Crippen LogP contribution in [0.2, 0.25) is 0 Å². The topological polar surface area (TPSA) is 27.7 Å².